The lowest BCUT2D eigenvalue weighted by Crippen LogP contribution is -2.42. The number of morpholine rings is 1. The van der Waals surface area contributed by atoms with E-state index in [-0.39, 0.29) is 0 Å². The summed E-state index contributed by atoms with van der Waals surface area (Å²) < 4.78 is 5.33. The van der Waals surface area contributed by atoms with Crippen LogP contribution in [0.2, 0.25) is 0 Å². The predicted octanol–water partition coefficient (Wildman–Crippen LogP) is 1.97. The average molecular weight is 342 g/mol. The highest BCUT2D eigenvalue weighted by molar-refractivity contribution is 7.80. The van der Waals surface area contributed by atoms with Crippen molar-refractivity contribution in [2.45, 2.75) is 0 Å². The van der Waals surface area contributed by atoms with E-state index in [1.807, 2.05) is 18.2 Å². The molecule has 2 aromatic rings. The van der Waals surface area contributed by atoms with Gasteiger partial charge in [-0.25, -0.2) is 0 Å². The Kier molecular flexibility index (Phi) is 6.12. The first kappa shape index (κ1) is 16.8. The Balaban J connectivity index is 1.42. The number of hydrogen-bond donors (Lipinski definition) is 2. The van der Waals surface area contributed by atoms with Gasteiger partial charge in [-0.3, -0.25) is 10.3 Å². The molecule has 0 amide bonds. The van der Waals surface area contributed by atoms with Gasteiger partial charge in [-0.1, -0.05) is 36.4 Å². The van der Waals surface area contributed by atoms with E-state index < -0.39 is 0 Å². The highest BCUT2D eigenvalue weighted by Crippen LogP contribution is 2.14. The Morgan fingerprint density at radius 1 is 1.17 bits per heavy atom. The Morgan fingerprint density at radius 3 is 2.79 bits per heavy atom. The lowest BCUT2D eigenvalue weighted by molar-refractivity contribution is 0.0389. The zero-order chi connectivity index (χ0) is 16.6. The molecule has 0 aliphatic carbocycles. The maximum Gasteiger partial charge on any atom is 0.187 e. The van der Waals surface area contributed by atoms with Crippen molar-refractivity contribution in [3.8, 4) is 0 Å². The number of hydrogen-bond acceptors (Lipinski definition) is 4. The number of ether oxygens (including phenoxy) is 1. The average Bonchev–Trinajstić information content (AvgIpc) is 2.62. The van der Waals surface area contributed by atoms with Crippen molar-refractivity contribution in [2.75, 3.05) is 39.4 Å². The van der Waals surface area contributed by atoms with Gasteiger partial charge in [0.15, 0.2) is 5.11 Å². The van der Waals surface area contributed by atoms with Crippen LogP contribution in [0.4, 0.5) is 0 Å². The summed E-state index contributed by atoms with van der Waals surface area (Å²) in [5.74, 6) is 0. The van der Waals surface area contributed by atoms with Gasteiger partial charge in [-0.05, 0) is 34.6 Å². The maximum atomic E-state index is 5.33. The molecule has 0 saturated carbocycles. The molecule has 0 radical (unpaired) electrons. The summed E-state index contributed by atoms with van der Waals surface area (Å²) in [6.45, 7) is 5.37. The number of nitrogens with one attached hydrogen (secondary N) is 2. The van der Waals surface area contributed by atoms with E-state index in [1.54, 1.807) is 6.21 Å². The summed E-state index contributed by atoms with van der Waals surface area (Å²) in [4.78, 5) is 2.36. The smallest absolute Gasteiger partial charge is 0.187 e. The van der Waals surface area contributed by atoms with Crippen LogP contribution in [0.25, 0.3) is 10.8 Å². The van der Waals surface area contributed by atoms with Crippen molar-refractivity contribution >= 4 is 34.3 Å². The molecular formula is C18H22N4OS. The van der Waals surface area contributed by atoms with Gasteiger partial charge in [0.1, 0.15) is 0 Å². The van der Waals surface area contributed by atoms with Crippen LogP contribution in [0.5, 0.6) is 0 Å². The number of benzene rings is 2. The van der Waals surface area contributed by atoms with Gasteiger partial charge in [0.2, 0.25) is 0 Å². The summed E-state index contributed by atoms with van der Waals surface area (Å²) in [7, 11) is 0. The Bertz CT molecular complexity index is 713. The summed E-state index contributed by atoms with van der Waals surface area (Å²) in [6.07, 6.45) is 1.78. The molecule has 6 heteroatoms. The largest absolute Gasteiger partial charge is 0.379 e. The van der Waals surface area contributed by atoms with Crippen molar-refractivity contribution in [3.05, 3.63) is 48.0 Å². The minimum absolute atomic E-state index is 0.542. The number of hydrazone groups is 1. The monoisotopic (exact) mass is 342 g/mol. The van der Waals surface area contributed by atoms with E-state index >= 15 is 0 Å². The summed E-state index contributed by atoms with van der Waals surface area (Å²) in [6, 6.07) is 14.5. The third-order valence-electron chi connectivity index (χ3n) is 3.97. The van der Waals surface area contributed by atoms with Crippen LogP contribution in [-0.2, 0) is 4.74 Å². The quantitative estimate of drug-likeness (QED) is 0.494. The molecule has 0 unspecified atom stereocenters. The number of fused-ring (bicyclic) bond motifs is 1. The molecule has 2 aromatic carbocycles. The van der Waals surface area contributed by atoms with E-state index in [0.29, 0.717) is 5.11 Å². The van der Waals surface area contributed by atoms with Crippen molar-refractivity contribution in [1.82, 2.24) is 15.6 Å². The standard InChI is InChI=1S/C18H22N4OS/c24-18(19-7-8-22-9-11-23-12-10-22)21-20-14-15-5-6-16-3-1-2-4-17(16)13-15/h1-6,13-14H,7-12H2,(H2,19,21,24)/b20-14+. The molecule has 2 N–H and O–H groups in total. The van der Waals surface area contributed by atoms with Crippen LogP contribution in [0, 0.1) is 0 Å². The molecule has 1 heterocycles. The third kappa shape index (κ3) is 4.99. The van der Waals surface area contributed by atoms with Crippen molar-refractivity contribution in [2.24, 2.45) is 5.10 Å². The third-order valence-corrected chi connectivity index (χ3v) is 4.21. The maximum absolute atomic E-state index is 5.33. The molecule has 1 saturated heterocycles. The molecule has 0 spiro atoms. The van der Waals surface area contributed by atoms with Gasteiger partial charge in [0, 0.05) is 26.2 Å². The van der Waals surface area contributed by atoms with Gasteiger partial charge in [0.05, 0.1) is 19.4 Å². The minimum Gasteiger partial charge on any atom is -0.379 e. The van der Waals surface area contributed by atoms with Crippen molar-refractivity contribution < 1.29 is 4.74 Å². The zero-order valence-electron chi connectivity index (χ0n) is 13.6. The highest BCUT2D eigenvalue weighted by atomic mass is 32.1. The highest BCUT2D eigenvalue weighted by Gasteiger charge is 2.09. The molecule has 0 aromatic heterocycles. The normalized spacial score (nSPS) is 15.7. The number of nitrogens with zero attached hydrogens (tertiary/aromatic N) is 2. The molecule has 24 heavy (non-hydrogen) atoms. The minimum atomic E-state index is 0.542. The first-order chi connectivity index (χ1) is 11.8. The second-order valence-electron chi connectivity index (χ2n) is 5.69. The zero-order valence-corrected chi connectivity index (χ0v) is 14.4. The molecule has 1 aliphatic rings. The van der Waals surface area contributed by atoms with E-state index in [4.69, 9.17) is 17.0 Å². The van der Waals surface area contributed by atoms with Crippen LogP contribution in [-0.4, -0.2) is 55.6 Å². The molecule has 1 fully saturated rings. The Morgan fingerprint density at radius 2 is 1.96 bits per heavy atom. The summed E-state index contributed by atoms with van der Waals surface area (Å²) in [5.41, 5.74) is 3.90. The predicted molar refractivity (Wildman–Crippen MR) is 103 cm³/mol. The van der Waals surface area contributed by atoms with Gasteiger partial charge >= 0.3 is 0 Å². The van der Waals surface area contributed by atoms with Crippen LogP contribution in [0.3, 0.4) is 0 Å². The van der Waals surface area contributed by atoms with Crippen molar-refractivity contribution in [3.63, 3.8) is 0 Å². The summed E-state index contributed by atoms with van der Waals surface area (Å²) >= 11 is 5.23. The lowest BCUT2D eigenvalue weighted by Gasteiger charge is -2.26. The topological polar surface area (TPSA) is 48.9 Å². The van der Waals surface area contributed by atoms with Gasteiger partial charge < -0.3 is 10.1 Å². The first-order valence-corrected chi connectivity index (χ1v) is 8.58. The van der Waals surface area contributed by atoms with Crippen LogP contribution in [0.1, 0.15) is 5.56 Å². The van der Waals surface area contributed by atoms with Crippen LogP contribution < -0.4 is 10.7 Å². The van der Waals surface area contributed by atoms with E-state index in [1.165, 1.54) is 10.8 Å². The molecule has 1 aliphatic heterocycles. The fraction of sp³-hybridized carbons (Fsp3) is 0.333. The van der Waals surface area contributed by atoms with E-state index in [0.717, 1.165) is 45.0 Å². The second kappa shape index (κ2) is 8.73. The first-order valence-electron chi connectivity index (χ1n) is 8.17. The van der Waals surface area contributed by atoms with E-state index in [2.05, 4.69) is 45.0 Å². The fourth-order valence-electron chi connectivity index (χ4n) is 2.65. The molecule has 0 atom stereocenters. The van der Waals surface area contributed by atoms with E-state index in [9.17, 15) is 0 Å². The molecule has 0 bridgehead atoms. The van der Waals surface area contributed by atoms with Gasteiger partial charge in [-0.15, -0.1) is 0 Å². The second-order valence-corrected chi connectivity index (χ2v) is 6.09. The molecule has 126 valence electrons. The number of rotatable bonds is 5. The lowest BCUT2D eigenvalue weighted by atomic mass is 10.1. The van der Waals surface area contributed by atoms with Gasteiger partial charge in [-0.2, -0.15) is 5.10 Å². The number of thiocarbonyl (C=S) groups is 1. The molecule has 5 nitrogen and oxygen atoms in total. The van der Waals surface area contributed by atoms with Crippen LogP contribution >= 0.6 is 12.2 Å². The molecule has 3 rings (SSSR count). The fourth-order valence-corrected chi connectivity index (χ4v) is 2.80. The summed E-state index contributed by atoms with van der Waals surface area (Å²) in [5, 5.41) is 10.3. The Labute approximate surface area is 147 Å². The van der Waals surface area contributed by atoms with Crippen LogP contribution in [0.15, 0.2) is 47.6 Å². The molecular weight excluding hydrogens is 320 g/mol. The Hall–Kier alpha value is -2.02. The van der Waals surface area contributed by atoms with Gasteiger partial charge in [0.25, 0.3) is 0 Å². The van der Waals surface area contributed by atoms with Crippen molar-refractivity contribution in [1.29, 1.82) is 0 Å². The SMILES string of the molecule is S=C(NCCN1CCOCC1)N/N=C/c1ccc2ccccc2c1.